The molecule has 1 fully saturated rings. The lowest BCUT2D eigenvalue weighted by molar-refractivity contribution is 0.181. The zero-order valence-electron chi connectivity index (χ0n) is 11.9. The van der Waals surface area contributed by atoms with Gasteiger partial charge in [0, 0.05) is 22.7 Å². The van der Waals surface area contributed by atoms with Crippen LogP contribution in [0.2, 0.25) is 5.02 Å². The van der Waals surface area contributed by atoms with Crippen LogP contribution in [-0.4, -0.2) is 31.1 Å². The molecule has 1 saturated heterocycles. The maximum atomic E-state index is 6.43. The SMILES string of the molecule is COc1cccc(Cl)c1C1C(CN)CCN1C(C)C. The average molecular weight is 283 g/mol. The Morgan fingerprint density at radius 3 is 2.79 bits per heavy atom. The number of hydrogen-bond acceptors (Lipinski definition) is 3. The largest absolute Gasteiger partial charge is 0.496 e. The minimum atomic E-state index is 0.258. The van der Waals surface area contributed by atoms with Crippen molar-refractivity contribution < 1.29 is 4.74 Å². The molecule has 2 N–H and O–H groups in total. The lowest BCUT2D eigenvalue weighted by atomic mass is 9.92. The number of ether oxygens (including phenoxy) is 1. The highest BCUT2D eigenvalue weighted by Gasteiger charge is 2.38. The van der Waals surface area contributed by atoms with Gasteiger partial charge >= 0.3 is 0 Å². The summed E-state index contributed by atoms with van der Waals surface area (Å²) in [6, 6.07) is 6.57. The van der Waals surface area contributed by atoms with E-state index in [1.807, 2.05) is 18.2 Å². The van der Waals surface area contributed by atoms with Crippen molar-refractivity contribution in [2.45, 2.75) is 32.4 Å². The quantitative estimate of drug-likeness (QED) is 0.922. The predicted octanol–water partition coefficient (Wildman–Crippen LogP) is 3.08. The lowest BCUT2D eigenvalue weighted by Crippen LogP contribution is -2.33. The van der Waals surface area contributed by atoms with Crippen molar-refractivity contribution >= 4 is 11.6 Å². The molecular formula is C15H23ClN2O. The van der Waals surface area contributed by atoms with Gasteiger partial charge in [0.05, 0.1) is 7.11 Å². The third kappa shape index (κ3) is 2.73. The minimum Gasteiger partial charge on any atom is -0.496 e. The van der Waals surface area contributed by atoms with Crippen LogP contribution >= 0.6 is 11.6 Å². The van der Waals surface area contributed by atoms with Crippen molar-refractivity contribution in [2.24, 2.45) is 11.7 Å². The van der Waals surface area contributed by atoms with Gasteiger partial charge in [-0.25, -0.2) is 0 Å². The number of rotatable bonds is 4. The van der Waals surface area contributed by atoms with Crippen LogP contribution in [0.3, 0.4) is 0 Å². The highest BCUT2D eigenvalue weighted by Crippen LogP contribution is 2.44. The summed E-state index contributed by atoms with van der Waals surface area (Å²) >= 11 is 6.43. The number of halogens is 1. The number of methoxy groups -OCH3 is 1. The molecule has 0 amide bonds. The van der Waals surface area contributed by atoms with Crippen LogP contribution < -0.4 is 10.5 Å². The van der Waals surface area contributed by atoms with Crippen molar-refractivity contribution in [1.82, 2.24) is 4.90 Å². The Labute approximate surface area is 120 Å². The number of benzene rings is 1. The van der Waals surface area contributed by atoms with Crippen LogP contribution in [0, 0.1) is 5.92 Å². The van der Waals surface area contributed by atoms with Gasteiger partial charge in [0.2, 0.25) is 0 Å². The summed E-state index contributed by atoms with van der Waals surface area (Å²) < 4.78 is 5.51. The molecule has 1 heterocycles. The molecule has 4 heteroatoms. The van der Waals surface area contributed by atoms with Crippen LogP contribution in [-0.2, 0) is 0 Å². The molecule has 0 aliphatic carbocycles. The molecule has 0 radical (unpaired) electrons. The van der Waals surface area contributed by atoms with Gasteiger partial charge in [-0.05, 0) is 51.4 Å². The van der Waals surface area contributed by atoms with Gasteiger partial charge < -0.3 is 10.5 Å². The standard InChI is InChI=1S/C15H23ClN2O/c1-10(2)18-8-7-11(9-17)15(18)14-12(16)5-4-6-13(14)19-3/h4-6,10-11,15H,7-9,17H2,1-3H3. The highest BCUT2D eigenvalue weighted by molar-refractivity contribution is 6.31. The first-order valence-corrected chi connectivity index (χ1v) is 7.26. The molecule has 0 spiro atoms. The first-order chi connectivity index (χ1) is 9.10. The molecule has 1 aliphatic rings. The van der Waals surface area contributed by atoms with E-state index in [0.29, 0.717) is 18.5 Å². The Morgan fingerprint density at radius 2 is 2.21 bits per heavy atom. The van der Waals surface area contributed by atoms with Gasteiger partial charge in [-0.3, -0.25) is 4.90 Å². The second kappa shape index (κ2) is 6.12. The molecule has 3 nitrogen and oxygen atoms in total. The van der Waals surface area contributed by atoms with E-state index >= 15 is 0 Å². The smallest absolute Gasteiger partial charge is 0.125 e. The molecule has 0 aromatic heterocycles. The van der Waals surface area contributed by atoms with Crippen LogP contribution in [0.5, 0.6) is 5.75 Å². The van der Waals surface area contributed by atoms with Gasteiger partial charge in [0.15, 0.2) is 0 Å². The maximum Gasteiger partial charge on any atom is 0.125 e. The zero-order chi connectivity index (χ0) is 14.0. The van der Waals surface area contributed by atoms with Gasteiger partial charge in [-0.1, -0.05) is 17.7 Å². The Bertz CT molecular complexity index is 436. The zero-order valence-corrected chi connectivity index (χ0v) is 12.7. The molecule has 2 atom stereocenters. The number of hydrogen-bond donors (Lipinski definition) is 1. The summed E-state index contributed by atoms with van der Waals surface area (Å²) in [5, 5.41) is 0.773. The number of likely N-dealkylation sites (tertiary alicyclic amines) is 1. The predicted molar refractivity (Wildman–Crippen MR) is 79.7 cm³/mol. The third-order valence-electron chi connectivity index (χ3n) is 4.06. The van der Waals surface area contributed by atoms with Crippen molar-refractivity contribution in [3.63, 3.8) is 0 Å². The van der Waals surface area contributed by atoms with Crippen LogP contribution in [0.4, 0.5) is 0 Å². The van der Waals surface area contributed by atoms with E-state index in [4.69, 9.17) is 22.1 Å². The van der Waals surface area contributed by atoms with Gasteiger partial charge in [0.1, 0.15) is 5.75 Å². The van der Waals surface area contributed by atoms with Gasteiger partial charge in [-0.2, -0.15) is 0 Å². The molecule has 0 bridgehead atoms. The summed E-state index contributed by atoms with van der Waals surface area (Å²) in [6.07, 6.45) is 1.12. The fraction of sp³-hybridized carbons (Fsp3) is 0.600. The van der Waals surface area contributed by atoms with Crippen LogP contribution in [0.25, 0.3) is 0 Å². The monoisotopic (exact) mass is 282 g/mol. The van der Waals surface area contributed by atoms with Crippen molar-refractivity contribution in [2.75, 3.05) is 20.2 Å². The van der Waals surface area contributed by atoms with E-state index in [2.05, 4.69) is 18.7 Å². The molecule has 1 aliphatic heterocycles. The highest BCUT2D eigenvalue weighted by atomic mass is 35.5. The van der Waals surface area contributed by atoms with Gasteiger partial charge in [-0.15, -0.1) is 0 Å². The third-order valence-corrected chi connectivity index (χ3v) is 4.39. The van der Waals surface area contributed by atoms with E-state index in [1.54, 1.807) is 7.11 Å². The van der Waals surface area contributed by atoms with E-state index in [0.717, 1.165) is 29.3 Å². The summed E-state index contributed by atoms with van der Waals surface area (Å²) in [7, 11) is 1.70. The molecular weight excluding hydrogens is 260 g/mol. The summed E-state index contributed by atoms with van der Waals surface area (Å²) in [5.41, 5.74) is 7.05. The Kier molecular flexibility index (Phi) is 4.71. The van der Waals surface area contributed by atoms with E-state index in [-0.39, 0.29) is 6.04 Å². The summed E-state index contributed by atoms with van der Waals surface area (Å²) in [5.74, 6) is 1.31. The van der Waals surface area contributed by atoms with Crippen molar-refractivity contribution in [3.8, 4) is 5.75 Å². The lowest BCUT2D eigenvalue weighted by Gasteiger charge is -2.32. The normalized spacial score (nSPS) is 24.1. The number of nitrogens with zero attached hydrogens (tertiary/aromatic N) is 1. The van der Waals surface area contributed by atoms with E-state index < -0.39 is 0 Å². The van der Waals surface area contributed by atoms with Crippen LogP contribution in [0.15, 0.2) is 18.2 Å². The Hall–Kier alpha value is -0.770. The first kappa shape index (κ1) is 14.6. The minimum absolute atomic E-state index is 0.258. The maximum absolute atomic E-state index is 6.43. The van der Waals surface area contributed by atoms with Crippen molar-refractivity contribution in [1.29, 1.82) is 0 Å². The topological polar surface area (TPSA) is 38.5 Å². The van der Waals surface area contributed by atoms with Crippen LogP contribution in [0.1, 0.15) is 31.9 Å². The number of nitrogens with two attached hydrogens (primary N) is 1. The fourth-order valence-electron chi connectivity index (χ4n) is 3.09. The molecule has 106 valence electrons. The second-order valence-electron chi connectivity index (χ2n) is 5.42. The first-order valence-electron chi connectivity index (χ1n) is 6.88. The fourth-order valence-corrected chi connectivity index (χ4v) is 3.37. The van der Waals surface area contributed by atoms with E-state index in [9.17, 15) is 0 Å². The van der Waals surface area contributed by atoms with E-state index in [1.165, 1.54) is 0 Å². The molecule has 1 aromatic rings. The summed E-state index contributed by atoms with van der Waals surface area (Å²) in [4.78, 5) is 2.47. The van der Waals surface area contributed by atoms with Crippen molar-refractivity contribution in [3.05, 3.63) is 28.8 Å². The van der Waals surface area contributed by atoms with Gasteiger partial charge in [0.25, 0.3) is 0 Å². The Balaban J connectivity index is 2.47. The average Bonchev–Trinajstić information content (AvgIpc) is 2.81. The molecule has 2 unspecified atom stereocenters. The molecule has 1 aromatic carbocycles. The Morgan fingerprint density at radius 1 is 1.47 bits per heavy atom. The summed E-state index contributed by atoms with van der Waals surface area (Å²) in [6.45, 7) is 6.19. The molecule has 19 heavy (non-hydrogen) atoms. The molecule has 2 rings (SSSR count). The molecule has 0 saturated carbocycles. The second-order valence-corrected chi connectivity index (χ2v) is 5.82.